The number of nitro benzene ring substituents is 1. The van der Waals surface area contributed by atoms with Gasteiger partial charge in [-0.05, 0) is 6.07 Å². The molecule has 74 valence electrons. The average Bonchev–Trinajstić information content (AvgIpc) is 2.18. The molecular weight excluding hydrogens is 186 g/mol. The smallest absolute Gasteiger partial charge is 0.271 e. The SMILES string of the molecule is CNc1cc([N+](=O)[O-])ccc1NC=O. The molecule has 0 unspecified atom stereocenters. The molecule has 0 saturated heterocycles. The Kier molecular flexibility index (Phi) is 3.01. The van der Waals surface area contributed by atoms with Crippen molar-refractivity contribution in [3.63, 3.8) is 0 Å². The Labute approximate surface area is 80.1 Å². The zero-order chi connectivity index (χ0) is 10.6. The molecule has 0 aromatic heterocycles. The number of benzene rings is 1. The highest BCUT2D eigenvalue weighted by Crippen LogP contribution is 2.25. The minimum atomic E-state index is -0.495. The van der Waals surface area contributed by atoms with Crippen molar-refractivity contribution in [1.82, 2.24) is 0 Å². The van der Waals surface area contributed by atoms with Crippen LogP contribution in [0.4, 0.5) is 17.1 Å². The standard InChI is InChI=1S/C8H9N3O3/c1-9-8-4-6(11(13)14)2-3-7(8)10-5-12/h2-5,9H,1H3,(H,10,12). The number of nitrogens with zero attached hydrogens (tertiary/aromatic N) is 1. The van der Waals surface area contributed by atoms with Gasteiger partial charge in [0.15, 0.2) is 0 Å². The van der Waals surface area contributed by atoms with Gasteiger partial charge >= 0.3 is 0 Å². The zero-order valence-electron chi connectivity index (χ0n) is 7.48. The lowest BCUT2D eigenvalue weighted by atomic mass is 10.2. The van der Waals surface area contributed by atoms with Crippen LogP contribution in [-0.4, -0.2) is 18.4 Å². The van der Waals surface area contributed by atoms with E-state index in [1.54, 1.807) is 7.05 Å². The van der Waals surface area contributed by atoms with Crippen LogP contribution in [0.25, 0.3) is 0 Å². The number of amides is 1. The minimum absolute atomic E-state index is 0.0224. The Morgan fingerprint density at radius 3 is 2.64 bits per heavy atom. The van der Waals surface area contributed by atoms with E-state index in [0.717, 1.165) is 0 Å². The summed E-state index contributed by atoms with van der Waals surface area (Å²) in [6, 6.07) is 4.15. The molecule has 0 atom stereocenters. The van der Waals surface area contributed by atoms with E-state index >= 15 is 0 Å². The highest BCUT2D eigenvalue weighted by atomic mass is 16.6. The van der Waals surface area contributed by atoms with E-state index in [2.05, 4.69) is 10.6 Å². The molecule has 1 amide bonds. The second kappa shape index (κ2) is 4.22. The lowest BCUT2D eigenvalue weighted by Crippen LogP contribution is -2.00. The first-order chi connectivity index (χ1) is 6.69. The molecule has 0 aliphatic carbocycles. The van der Waals surface area contributed by atoms with E-state index in [1.165, 1.54) is 18.2 Å². The Bertz CT molecular complexity index is 365. The molecule has 0 heterocycles. The van der Waals surface area contributed by atoms with Crippen LogP contribution in [0, 0.1) is 10.1 Å². The number of nitro groups is 1. The summed E-state index contributed by atoms with van der Waals surface area (Å²) in [4.78, 5) is 20.1. The maximum atomic E-state index is 10.4. The van der Waals surface area contributed by atoms with Crippen molar-refractivity contribution < 1.29 is 9.72 Å². The third kappa shape index (κ3) is 1.98. The molecule has 0 saturated carbocycles. The third-order valence-electron chi connectivity index (χ3n) is 1.70. The number of rotatable bonds is 4. The number of hydrogen-bond donors (Lipinski definition) is 2. The van der Waals surface area contributed by atoms with Gasteiger partial charge in [0.1, 0.15) is 0 Å². The van der Waals surface area contributed by atoms with Crippen LogP contribution >= 0.6 is 0 Å². The predicted octanol–water partition coefficient (Wildman–Crippen LogP) is 1.20. The third-order valence-corrected chi connectivity index (χ3v) is 1.70. The molecule has 0 radical (unpaired) electrons. The molecule has 0 fully saturated rings. The van der Waals surface area contributed by atoms with E-state index in [0.29, 0.717) is 17.8 Å². The van der Waals surface area contributed by atoms with E-state index in [9.17, 15) is 14.9 Å². The number of nitrogens with one attached hydrogen (secondary N) is 2. The van der Waals surface area contributed by atoms with Crippen LogP contribution in [0.5, 0.6) is 0 Å². The van der Waals surface area contributed by atoms with Gasteiger partial charge in [-0.25, -0.2) is 0 Å². The number of anilines is 2. The molecule has 14 heavy (non-hydrogen) atoms. The number of carbonyl (C=O) groups is 1. The normalized spacial score (nSPS) is 9.21. The van der Waals surface area contributed by atoms with Gasteiger partial charge in [0.25, 0.3) is 5.69 Å². The first-order valence-electron chi connectivity index (χ1n) is 3.85. The van der Waals surface area contributed by atoms with Crippen molar-refractivity contribution in [1.29, 1.82) is 0 Å². The molecule has 1 aromatic rings. The van der Waals surface area contributed by atoms with Crippen molar-refractivity contribution in [2.75, 3.05) is 17.7 Å². The van der Waals surface area contributed by atoms with Crippen LogP contribution < -0.4 is 10.6 Å². The molecule has 6 heteroatoms. The van der Waals surface area contributed by atoms with Crippen LogP contribution in [0.3, 0.4) is 0 Å². The van der Waals surface area contributed by atoms with Crippen molar-refractivity contribution in [2.24, 2.45) is 0 Å². The Morgan fingerprint density at radius 1 is 1.43 bits per heavy atom. The zero-order valence-corrected chi connectivity index (χ0v) is 7.48. The molecule has 2 N–H and O–H groups in total. The number of carbonyl (C=O) groups excluding carboxylic acids is 1. The number of non-ortho nitro benzene ring substituents is 1. The van der Waals surface area contributed by atoms with Gasteiger partial charge in [-0.3, -0.25) is 14.9 Å². The van der Waals surface area contributed by atoms with Crippen molar-refractivity contribution >= 4 is 23.5 Å². The average molecular weight is 195 g/mol. The van der Waals surface area contributed by atoms with Gasteiger partial charge in [0.2, 0.25) is 6.41 Å². The fourth-order valence-corrected chi connectivity index (χ4v) is 1.04. The maximum absolute atomic E-state index is 10.4. The molecule has 1 aromatic carbocycles. The fraction of sp³-hybridized carbons (Fsp3) is 0.125. The van der Waals surface area contributed by atoms with Gasteiger partial charge in [0, 0.05) is 19.2 Å². The summed E-state index contributed by atoms with van der Waals surface area (Å²) in [6.07, 6.45) is 0.516. The molecule has 1 rings (SSSR count). The molecule has 6 nitrogen and oxygen atoms in total. The van der Waals surface area contributed by atoms with E-state index < -0.39 is 4.92 Å². The molecule has 0 spiro atoms. The first kappa shape index (κ1) is 9.97. The highest BCUT2D eigenvalue weighted by molar-refractivity contribution is 5.81. The summed E-state index contributed by atoms with van der Waals surface area (Å²) in [5, 5.41) is 15.6. The van der Waals surface area contributed by atoms with Gasteiger partial charge in [-0.15, -0.1) is 0 Å². The second-order valence-corrected chi connectivity index (χ2v) is 2.50. The lowest BCUT2D eigenvalue weighted by Gasteiger charge is -2.06. The topological polar surface area (TPSA) is 84.3 Å². The monoisotopic (exact) mass is 195 g/mol. The highest BCUT2D eigenvalue weighted by Gasteiger charge is 2.08. The predicted molar refractivity (Wildman–Crippen MR) is 52.3 cm³/mol. The van der Waals surface area contributed by atoms with Crippen LogP contribution in [0.15, 0.2) is 18.2 Å². The Morgan fingerprint density at radius 2 is 2.14 bits per heavy atom. The Hall–Kier alpha value is -2.11. The molecular formula is C8H9N3O3. The Balaban J connectivity index is 3.10. The van der Waals surface area contributed by atoms with Crippen LogP contribution in [-0.2, 0) is 4.79 Å². The number of hydrogen-bond acceptors (Lipinski definition) is 4. The maximum Gasteiger partial charge on any atom is 0.271 e. The van der Waals surface area contributed by atoms with Gasteiger partial charge in [0.05, 0.1) is 16.3 Å². The van der Waals surface area contributed by atoms with Crippen molar-refractivity contribution in [2.45, 2.75) is 0 Å². The van der Waals surface area contributed by atoms with Gasteiger partial charge in [-0.1, -0.05) is 0 Å². The van der Waals surface area contributed by atoms with E-state index in [1.807, 2.05) is 0 Å². The molecule has 0 aliphatic heterocycles. The summed E-state index contributed by atoms with van der Waals surface area (Å²) in [7, 11) is 1.62. The van der Waals surface area contributed by atoms with E-state index in [-0.39, 0.29) is 5.69 Å². The lowest BCUT2D eigenvalue weighted by molar-refractivity contribution is -0.384. The van der Waals surface area contributed by atoms with Crippen molar-refractivity contribution in [3.8, 4) is 0 Å². The summed E-state index contributed by atoms with van der Waals surface area (Å²) in [5.74, 6) is 0. The summed E-state index contributed by atoms with van der Waals surface area (Å²) in [5.41, 5.74) is 0.991. The van der Waals surface area contributed by atoms with Gasteiger partial charge in [-0.2, -0.15) is 0 Å². The summed E-state index contributed by atoms with van der Waals surface area (Å²) < 4.78 is 0. The minimum Gasteiger partial charge on any atom is -0.386 e. The van der Waals surface area contributed by atoms with Crippen LogP contribution in [0.1, 0.15) is 0 Å². The second-order valence-electron chi connectivity index (χ2n) is 2.50. The quantitative estimate of drug-likeness (QED) is 0.429. The van der Waals surface area contributed by atoms with Crippen molar-refractivity contribution in [3.05, 3.63) is 28.3 Å². The summed E-state index contributed by atoms with van der Waals surface area (Å²) >= 11 is 0. The van der Waals surface area contributed by atoms with E-state index in [4.69, 9.17) is 0 Å². The largest absolute Gasteiger partial charge is 0.386 e. The van der Waals surface area contributed by atoms with Gasteiger partial charge < -0.3 is 10.6 Å². The molecule has 0 aliphatic rings. The fourth-order valence-electron chi connectivity index (χ4n) is 1.04. The molecule has 0 bridgehead atoms. The first-order valence-corrected chi connectivity index (χ1v) is 3.85. The van der Waals surface area contributed by atoms with Crippen LogP contribution in [0.2, 0.25) is 0 Å². The summed E-state index contributed by atoms with van der Waals surface area (Å²) in [6.45, 7) is 0.